The molecule has 3 aromatic rings. The molecule has 7 heteroatoms. The number of amides is 1. The lowest BCUT2D eigenvalue weighted by molar-refractivity contribution is 0.0942. The Morgan fingerprint density at radius 3 is 2.58 bits per heavy atom. The highest BCUT2D eigenvalue weighted by molar-refractivity contribution is 5.93. The van der Waals surface area contributed by atoms with Crippen LogP contribution in [0.25, 0.3) is 5.65 Å². The first kappa shape index (κ1) is 21.3. The Kier molecular flexibility index (Phi) is 5.69. The van der Waals surface area contributed by atoms with Crippen molar-refractivity contribution in [2.24, 2.45) is 13.0 Å². The number of carbonyl (C=O) groups excluding carboxylic acids is 1. The molecular weight excluding hydrogens is 390 g/mol. The lowest BCUT2D eigenvalue weighted by atomic mass is 9.80. The summed E-state index contributed by atoms with van der Waals surface area (Å²) in [5, 5.41) is 7.90. The quantitative estimate of drug-likeness (QED) is 0.700. The van der Waals surface area contributed by atoms with E-state index in [0.717, 1.165) is 37.0 Å². The molecule has 4 rings (SSSR count). The van der Waals surface area contributed by atoms with E-state index in [4.69, 9.17) is 5.10 Å². The van der Waals surface area contributed by atoms with Crippen molar-refractivity contribution in [2.75, 3.05) is 6.54 Å². The predicted molar refractivity (Wildman–Crippen MR) is 120 cm³/mol. The molecule has 0 aliphatic heterocycles. The van der Waals surface area contributed by atoms with E-state index >= 15 is 0 Å². The number of nitrogens with one attached hydrogen (secondary N) is 1. The Balaban J connectivity index is 1.38. The zero-order chi connectivity index (χ0) is 22.2. The molecule has 0 saturated heterocycles. The van der Waals surface area contributed by atoms with Gasteiger partial charge in [-0.15, -0.1) is 0 Å². The summed E-state index contributed by atoms with van der Waals surface area (Å²) < 4.78 is 3.45. The van der Waals surface area contributed by atoms with Gasteiger partial charge in [0.2, 0.25) is 5.56 Å². The van der Waals surface area contributed by atoms with Crippen molar-refractivity contribution in [3.8, 4) is 0 Å². The highest BCUT2D eigenvalue weighted by Crippen LogP contribution is 2.36. The number of pyridine rings is 1. The summed E-state index contributed by atoms with van der Waals surface area (Å²) in [5.74, 6) is 0.793. The summed E-state index contributed by atoms with van der Waals surface area (Å²) >= 11 is 0. The Morgan fingerprint density at radius 2 is 1.90 bits per heavy atom. The van der Waals surface area contributed by atoms with E-state index in [0.29, 0.717) is 23.9 Å². The molecule has 1 saturated carbocycles. The summed E-state index contributed by atoms with van der Waals surface area (Å²) in [7, 11) is 1.65. The third-order valence-corrected chi connectivity index (χ3v) is 6.32. The predicted octanol–water partition coefficient (Wildman–Crippen LogP) is 3.43. The van der Waals surface area contributed by atoms with E-state index < -0.39 is 0 Å². The first-order valence-electron chi connectivity index (χ1n) is 11.0. The topological polar surface area (TPSA) is 81.3 Å². The molecule has 0 atom stereocenters. The van der Waals surface area contributed by atoms with E-state index in [9.17, 15) is 9.59 Å². The maximum Gasteiger partial charge on any atom is 0.252 e. The minimum Gasteiger partial charge on any atom is -0.352 e. The van der Waals surface area contributed by atoms with Crippen LogP contribution in [0.4, 0.5) is 0 Å². The Morgan fingerprint density at radius 1 is 1.16 bits per heavy atom. The number of rotatable bonds is 4. The summed E-state index contributed by atoms with van der Waals surface area (Å²) in [6.07, 6.45) is 7.75. The second-order valence-electron chi connectivity index (χ2n) is 9.71. The van der Waals surface area contributed by atoms with Gasteiger partial charge >= 0.3 is 0 Å². The molecule has 1 aliphatic rings. The van der Waals surface area contributed by atoms with Crippen molar-refractivity contribution in [1.29, 1.82) is 0 Å². The van der Waals surface area contributed by atoms with Crippen LogP contribution < -0.4 is 10.9 Å². The molecule has 3 heterocycles. The van der Waals surface area contributed by atoms with Gasteiger partial charge in [0.15, 0.2) is 5.65 Å². The number of aryl methyl sites for hydroxylation is 1. The molecule has 1 aliphatic carbocycles. The number of hydrogen-bond acceptors (Lipinski definition) is 4. The van der Waals surface area contributed by atoms with Gasteiger partial charge in [0.05, 0.1) is 11.3 Å². The second kappa shape index (κ2) is 8.29. The minimum absolute atomic E-state index is 0.00804. The maximum absolute atomic E-state index is 12.4. The Hall–Kier alpha value is -2.96. The first-order valence-corrected chi connectivity index (χ1v) is 11.0. The van der Waals surface area contributed by atoms with Crippen LogP contribution >= 0.6 is 0 Å². The van der Waals surface area contributed by atoms with Gasteiger partial charge in [-0.1, -0.05) is 20.8 Å². The lowest BCUT2D eigenvalue weighted by Crippen LogP contribution is -2.32. The molecule has 1 amide bonds. The van der Waals surface area contributed by atoms with Crippen molar-refractivity contribution < 1.29 is 4.79 Å². The summed E-state index contributed by atoms with van der Waals surface area (Å²) in [6, 6.07) is 7.19. The van der Waals surface area contributed by atoms with Crippen molar-refractivity contribution in [2.45, 2.75) is 57.8 Å². The summed E-state index contributed by atoms with van der Waals surface area (Å²) in [5.41, 5.74) is 3.59. The smallest absolute Gasteiger partial charge is 0.252 e. The fraction of sp³-hybridized carbons (Fsp3) is 0.500. The third kappa shape index (κ3) is 4.55. The normalized spacial score (nSPS) is 19.5. The molecule has 0 bridgehead atoms. The van der Waals surface area contributed by atoms with Crippen LogP contribution in [0.15, 0.2) is 41.5 Å². The number of hydrogen-bond donors (Lipinski definition) is 1. The lowest BCUT2D eigenvalue weighted by Gasteiger charge is -2.29. The molecule has 0 unspecified atom stereocenters. The fourth-order valence-corrected chi connectivity index (χ4v) is 4.32. The molecule has 0 aromatic carbocycles. The molecule has 7 nitrogen and oxygen atoms in total. The van der Waals surface area contributed by atoms with Gasteiger partial charge in [0, 0.05) is 55.1 Å². The van der Waals surface area contributed by atoms with Crippen molar-refractivity contribution in [3.05, 3.63) is 64.0 Å². The van der Waals surface area contributed by atoms with Crippen LogP contribution in [0, 0.1) is 5.92 Å². The highest BCUT2D eigenvalue weighted by atomic mass is 16.2. The molecule has 0 radical (unpaired) electrons. The van der Waals surface area contributed by atoms with Crippen LogP contribution in [0.5, 0.6) is 0 Å². The maximum atomic E-state index is 12.4. The average molecular weight is 422 g/mol. The second-order valence-corrected chi connectivity index (χ2v) is 9.71. The fourth-order valence-electron chi connectivity index (χ4n) is 4.32. The molecule has 164 valence electrons. The largest absolute Gasteiger partial charge is 0.352 e. The Labute approximate surface area is 182 Å². The standard InChI is InChI=1S/C24H31N5O2/c1-24(2,3)20-13-21-25-12-11-19(29(21)27-20)17-7-5-16(6-8-17)14-26-23(31)18-9-10-22(30)28(4)15-18/h9-13,15-17H,5-8,14H2,1-4H3,(H,26,31). The molecular formula is C24H31N5O2. The third-order valence-electron chi connectivity index (χ3n) is 6.32. The van der Waals surface area contributed by atoms with Crippen molar-refractivity contribution >= 4 is 11.6 Å². The van der Waals surface area contributed by atoms with Gasteiger partial charge in [0.1, 0.15) is 0 Å². The van der Waals surface area contributed by atoms with Crippen LogP contribution in [0.3, 0.4) is 0 Å². The van der Waals surface area contributed by atoms with E-state index in [1.807, 2.05) is 10.7 Å². The molecule has 1 N–H and O–H groups in total. The van der Waals surface area contributed by atoms with E-state index in [-0.39, 0.29) is 16.9 Å². The molecule has 31 heavy (non-hydrogen) atoms. The number of fused-ring (bicyclic) bond motifs is 1. The summed E-state index contributed by atoms with van der Waals surface area (Å²) in [6.45, 7) is 7.17. The van der Waals surface area contributed by atoms with Crippen LogP contribution in [-0.4, -0.2) is 31.6 Å². The minimum atomic E-state index is -0.125. The SMILES string of the molecule is Cn1cc(C(=O)NCC2CCC(c3ccnc4cc(C(C)(C)C)nn34)CC2)ccc1=O. The van der Waals surface area contributed by atoms with Crippen molar-refractivity contribution in [1.82, 2.24) is 24.5 Å². The number of carbonyl (C=O) groups is 1. The summed E-state index contributed by atoms with van der Waals surface area (Å²) in [4.78, 5) is 28.4. The van der Waals surface area contributed by atoms with Crippen molar-refractivity contribution in [3.63, 3.8) is 0 Å². The van der Waals surface area contributed by atoms with E-state index in [1.54, 1.807) is 19.3 Å². The van der Waals surface area contributed by atoms with Gasteiger partial charge in [-0.05, 0) is 43.7 Å². The van der Waals surface area contributed by atoms with Gasteiger partial charge < -0.3 is 9.88 Å². The zero-order valence-electron chi connectivity index (χ0n) is 18.8. The van der Waals surface area contributed by atoms with Gasteiger partial charge in [-0.25, -0.2) is 9.50 Å². The van der Waals surface area contributed by atoms with Crippen LogP contribution in [-0.2, 0) is 12.5 Å². The first-order chi connectivity index (χ1) is 14.7. The van der Waals surface area contributed by atoms with Gasteiger partial charge in [-0.2, -0.15) is 5.10 Å². The Bertz CT molecular complexity index is 1150. The molecule has 0 spiro atoms. The van der Waals surface area contributed by atoms with Gasteiger partial charge in [-0.3, -0.25) is 9.59 Å². The molecule has 3 aromatic heterocycles. The zero-order valence-corrected chi connectivity index (χ0v) is 18.8. The number of aromatic nitrogens is 4. The van der Waals surface area contributed by atoms with Gasteiger partial charge in [0.25, 0.3) is 5.91 Å². The van der Waals surface area contributed by atoms with Crippen LogP contribution in [0.1, 0.15) is 74.1 Å². The number of nitrogens with zero attached hydrogens (tertiary/aromatic N) is 4. The average Bonchev–Trinajstić information content (AvgIpc) is 3.19. The monoisotopic (exact) mass is 421 g/mol. The highest BCUT2D eigenvalue weighted by Gasteiger charge is 2.26. The van der Waals surface area contributed by atoms with E-state index in [2.05, 4.69) is 43.2 Å². The van der Waals surface area contributed by atoms with E-state index in [1.165, 1.54) is 16.3 Å². The van der Waals surface area contributed by atoms with Crippen LogP contribution in [0.2, 0.25) is 0 Å². The molecule has 1 fully saturated rings.